The first-order valence-corrected chi connectivity index (χ1v) is 9.56. The number of thiophene rings is 2. The van der Waals surface area contributed by atoms with Gasteiger partial charge in [0.15, 0.2) is 0 Å². The van der Waals surface area contributed by atoms with Crippen molar-refractivity contribution in [3.05, 3.63) is 37.9 Å². The smallest absolute Gasteiger partial charge is 0.239 e. The van der Waals surface area contributed by atoms with Crippen molar-refractivity contribution in [3.8, 4) is 6.07 Å². The molecule has 2 aromatic heterocycles. The number of aryl methyl sites for hydroxylation is 1. The highest BCUT2D eigenvalue weighted by molar-refractivity contribution is 7.16. The van der Waals surface area contributed by atoms with E-state index in [4.69, 9.17) is 0 Å². The summed E-state index contributed by atoms with van der Waals surface area (Å²) in [5, 5.41) is 15.2. The molecular formula is C17H17N3OS2. The Morgan fingerprint density at radius 3 is 3.13 bits per heavy atom. The Morgan fingerprint density at radius 2 is 2.26 bits per heavy atom. The van der Waals surface area contributed by atoms with Crippen LogP contribution in [0.4, 0.5) is 5.00 Å². The fraction of sp³-hybridized carbons (Fsp3) is 0.412. The first-order chi connectivity index (χ1) is 11.2. The maximum Gasteiger partial charge on any atom is 0.239 e. The third-order valence-corrected chi connectivity index (χ3v) is 6.77. The Balaban J connectivity index is 1.42. The van der Waals surface area contributed by atoms with E-state index in [9.17, 15) is 10.1 Å². The van der Waals surface area contributed by atoms with Crippen molar-refractivity contribution in [2.24, 2.45) is 0 Å². The molecule has 1 N–H and O–H groups in total. The highest BCUT2D eigenvalue weighted by atomic mass is 32.1. The number of amides is 1. The fourth-order valence-electron chi connectivity index (χ4n) is 3.42. The second kappa shape index (κ2) is 6.08. The topological polar surface area (TPSA) is 56.1 Å². The van der Waals surface area contributed by atoms with Gasteiger partial charge in [-0.25, -0.2) is 0 Å². The minimum atomic E-state index is -0.0138. The molecule has 6 heteroatoms. The van der Waals surface area contributed by atoms with Crippen molar-refractivity contribution in [2.75, 3.05) is 18.4 Å². The molecule has 1 amide bonds. The summed E-state index contributed by atoms with van der Waals surface area (Å²) in [4.78, 5) is 17.3. The number of hydrogen-bond donors (Lipinski definition) is 1. The predicted molar refractivity (Wildman–Crippen MR) is 93.0 cm³/mol. The minimum absolute atomic E-state index is 0.0138. The van der Waals surface area contributed by atoms with Gasteiger partial charge in [-0.05, 0) is 48.3 Å². The van der Waals surface area contributed by atoms with Crippen LogP contribution in [-0.2, 0) is 30.6 Å². The number of nitrogens with one attached hydrogen (secondary N) is 1. The number of fused-ring (bicyclic) bond motifs is 2. The molecule has 2 aliphatic rings. The highest BCUT2D eigenvalue weighted by Gasteiger charge is 2.24. The third kappa shape index (κ3) is 2.80. The molecule has 0 aromatic carbocycles. The van der Waals surface area contributed by atoms with Gasteiger partial charge in [-0.3, -0.25) is 9.69 Å². The second-order valence-corrected chi connectivity index (χ2v) is 8.16. The Morgan fingerprint density at radius 1 is 1.35 bits per heavy atom. The number of nitriles is 1. The van der Waals surface area contributed by atoms with Crippen LogP contribution in [0.1, 0.15) is 32.9 Å². The Hall–Kier alpha value is -1.68. The van der Waals surface area contributed by atoms with Gasteiger partial charge in [0.25, 0.3) is 0 Å². The van der Waals surface area contributed by atoms with Gasteiger partial charge in [-0.15, -0.1) is 22.7 Å². The maximum absolute atomic E-state index is 12.4. The third-order valence-electron chi connectivity index (χ3n) is 4.54. The van der Waals surface area contributed by atoms with Gasteiger partial charge in [0.1, 0.15) is 11.1 Å². The van der Waals surface area contributed by atoms with Crippen LogP contribution in [0.5, 0.6) is 0 Å². The molecule has 1 aliphatic heterocycles. The van der Waals surface area contributed by atoms with Gasteiger partial charge < -0.3 is 5.32 Å². The molecule has 0 spiro atoms. The van der Waals surface area contributed by atoms with Crippen LogP contribution in [0.3, 0.4) is 0 Å². The molecule has 0 bridgehead atoms. The van der Waals surface area contributed by atoms with E-state index >= 15 is 0 Å². The van der Waals surface area contributed by atoms with Crippen molar-refractivity contribution in [1.82, 2.24) is 4.90 Å². The van der Waals surface area contributed by atoms with Crippen molar-refractivity contribution in [3.63, 3.8) is 0 Å². The first kappa shape index (κ1) is 14.9. The first-order valence-electron chi connectivity index (χ1n) is 7.86. The number of carbonyl (C=O) groups excluding carboxylic acids is 1. The molecule has 0 radical (unpaired) electrons. The fourth-order valence-corrected chi connectivity index (χ4v) is 5.57. The number of rotatable bonds is 3. The lowest BCUT2D eigenvalue weighted by molar-refractivity contribution is -0.117. The molecule has 1 aliphatic carbocycles. The molecular weight excluding hydrogens is 326 g/mol. The molecule has 3 heterocycles. The van der Waals surface area contributed by atoms with E-state index in [0.717, 1.165) is 49.3 Å². The van der Waals surface area contributed by atoms with Crippen molar-refractivity contribution in [2.45, 2.75) is 32.2 Å². The second-order valence-electron chi connectivity index (χ2n) is 6.05. The SMILES string of the molecule is N#Cc1c(NC(=O)CN2CCc3sccc3C2)sc2c1CCC2. The molecule has 23 heavy (non-hydrogen) atoms. The summed E-state index contributed by atoms with van der Waals surface area (Å²) in [6, 6.07) is 4.43. The average Bonchev–Trinajstić information content (AvgIpc) is 3.21. The van der Waals surface area contributed by atoms with Crippen LogP contribution in [0.15, 0.2) is 11.4 Å². The van der Waals surface area contributed by atoms with E-state index in [-0.39, 0.29) is 5.91 Å². The zero-order valence-corrected chi connectivity index (χ0v) is 14.4. The van der Waals surface area contributed by atoms with Crippen LogP contribution >= 0.6 is 22.7 Å². The van der Waals surface area contributed by atoms with Gasteiger partial charge in [-0.1, -0.05) is 0 Å². The number of carbonyl (C=O) groups is 1. The number of anilines is 1. The highest BCUT2D eigenvalue weighted by Crippen LogP contribution is 2.38. The summed E-state index contributed by atoms with van der Waals surface area (Å²) in [7, 11) is 0. The predicted octanol–water partition coefficient (Wildman–Crippen LogP) is 3.17. The molecule has 118 valence electrons. The van der Waals surface area contributed by atoms with E-state index in [1.54, 1.807) is 22.7 Å². The van der Waals surface area contributed by atoms with E-state index in [2.05, 4.69) is 27.7 Å². The molecule has 2 aromatic rings. The van der Waals surface area contributed by atoms with Crippen molar-refractivity contribution in [1.29, 1.82) is 5.26 Å². The standard InChI is InChI=1S/C17H17N3OS2/c18-8-13-12-2-1-3-15(12)23-17(13)19-16(21)10-20-6-4-14-11(9-20)5-7-22-14/h5,7H,1-4,6,9-10H2,(H,19,21). The zero-order valence-electron chi connectivity index (χ0n) is 12.7. The van der Waals surface area contributed by atoms with Gasteiger partial charge in [-0.2, -0.15) is 5.26 Å². The monoisotopic (exact) mass is 343 g/mol. The number of nitrogens with zero attached hydrogens (tertiary/aromatic N) is 2. The van der Waals surface area contributed by atoms with E-state index < -0.39 is 0 Å². The zero-order chi connectivity index (χ0) is 15.8. The van der Waals surface area contributed by atoms with Crippen molar-refractivity contribution >= 4 is 33.6 Å². The van der Waals surface area contributed by atoms with Crippen molar-refractivity contribution < 1.29 is 4.79 Å². The summed E-state index contributed by atoms with van der Waals surface area (Å²) in [5.74, 6) is -0.0138. The normalized spacial score (nSPS) is 16.7. The van der Waals surface area contributed by atoms with E-state index in [1.807, 2.05) is 0 Å². The summed E-state index contributed by atoms with van der Waals surface area (Å²) >= 11 is 3.39. The van der Waals surface area contributed by atoms with Gasteiger partial charge >= 0.3 is 0 Å². The lowest BCUT2D eigenvalue weighted by Gasteiger charge is -2.25. The average molecular weight is 343 g/mol. The van der Waals surface area contributed by atoms with Crippen LogP contribution in [-0.4, -0.2) is 23.9 Å². The largest absolute Gasteiger partial charge is 0.315 e. The minimum Gasteiger partial charge on any atom is -0.315 e. The molecule has 0 saturated heterocycles. The van der Waals surface area contributed by atoms with E-state index in [1.165, 1.54) is 15.3 Å². The lowest BCUT2D eigenvalue weighted by atomic mass is 10.1. The van der Waals surface area contributed by atoms with E-state index in [0.29, 0.717) is 12.1 Å². The van der Waals surface area contributed by atoms with Crippen LogP contribution in [0.25, 0.3) is 0 Å². The van der Waals surface area contributed by atoms with Crippen LogP contribution < -0.4 is 5.32 Å². The van der Waals surface area contributed by atoms with Gasteiger partial charge in [0, 0.05) is 22.8 Å². The lowest BCUT2D eigenvalue weighted by Crippen LogP contribution is -2.36. The summed E-state index contributed by atoms with van der Waals surface area (Å²) in [5.41, 5.74) is 3.20. The van der Waals surface area contributed by atoms with Crippen LogP contribution in [0.2, 0.25) is 0 Å². The molecule has 4 rings (SSSR count). The molecule has 0 fully saturated rings. The molecule has 0 atom stereocenters. The molecule has 0 saturated carbocycles. The Kier molecular flexibility index (Phi) is 3.93. The Bertz CT molecular complexity index is 799. The summed E-state index contributed by atoms with van der Waals surface area (Å²) < 4.78 is 0. The van der Waals surface area contributed by atoms with Gasteiger partial charge in [0.05, 0.1) is 12.1 Å². The molecule has 4 nitrogen and oxygen atoms in total. The molecule has 0 unspecified atom stereocenters. The van der Waals surface area contributed by atoms with Crippen LogP contribution in [0, 0.1) is 11.3 Å². The number of hydrogen-bond acceptors (Lipinski definition) is 5. The Labute approximate surface area is 143 Å². The maximum atomic E-state index is 12.4. The summed E-state index contributed by atoms with van der Waals surface area (Å²) in [6.45, 7) is 2.16. The summed E-state index contributed by atoms with van der Waals surface area (Å²) in [6.07, 6.45) is 4.16. The van der Waals surface area contributed by atoms with Gasteiger partial charge in [0.2, 0.25) is 5.91 Å². The quantitative estimate of drug-likeness (QED) is 0.931.